The van der Waals surface area contributed by atoms with Crippen molar-refractivity contribution in [3.05, 3.63) is 35.9 Å². The number of hydrogen-bond donors (Lipinski definition) is 3. The number of benzene rings is 1. The summed E-state index contributed by atoms with van der Waals surface area (Å²) in [7, 11) is 0. The Balaban J connectivity index is 3.00. The summed E-state index contributed by atoms with van der Waals surface area (Å²) in [5, 5.41) is 19.6. The van der Waals surface area contributed by atoms with Crippen molar-refractivity contribution < 1.29 is 15.2 Å². The maximum absolute atomic E-state index is 10.9. The van der Waals surface area contributed by atoms with Crippen molar-refractivity contribution in [2.24, 2.45) is 5.16 Å². The van der Waals surface area contributed by atoms with Gasteiger partial charge in [0.25, 0.3) is 5.91 Å². The van der Waals surface area contributed by atoms with E-state index in [1.54, 1.807) is 30.3 Å². The number of hydroxylamine groups is 1. The summed E-state index contributed by atoms with van der Waals surface area (Å²) >= 11 is 0. The minimum atomic E-state index is -0.853. The molecular weight excluding hydrogens is 172 g/mol. The molecule has 1 aromatic rings. The normalized spacial score (nSPS) is 11.0. The summed E-state index contributed by atoms with van der Waals surface area (Å²) in [6, 6.07) is 8.31. The van der Waals surface area contributed by atoms with E-state index >= 15 is 0 Å². The average molecular weight is 180 g/mol. The third-order valence-electron chi connectivity index (χ3n) is 1.46. The molecule has 0 fully saturated rings. The van der Waals surface area contributed by atoms with E-state index in [0.717, 1.165) is 0 Å². The number of amides is 1. The Kier molecular flexibility index (Phi) is 2.99. The lowest BCUT2D eigenvalue weighted by Crippen LogP contribution is -2.28. The molecular formula is C8H8N2O3. The second-order valence-corrected chi connectivity index (χ2v) is 2.26. The Bertz CT molecular complexity index is 321. The largest absolute Gasteiger partial charge is 0.410 e. The van der Waals surface area contributed by atoms with Gasteiger partial charge in [-0.3, -0.25) is 10.0 Å². The number of rotatable bonds is 2. The van der Waals surface area contributed by atoms with Crippen LogP contribution in [0.4, 0.5) is 0 Å². The van der Waals surface area contributed by atoms with Gasteiger partial charge in [0, 0.05) is 5.56 Å². The molecule has 1 amide bonds. The monoisotopic (exact) mass is 180 g/mol. The van der Waals surface area contributed by atoms with Gasteiger partial charge in [0.2, 0.25) is 0 Å². The maximum atomic E-state index is 10.9. The number of carbonyl (C=O) groups is 1. The van der Waals surface area contributed by atoms with Crippen LogP contribution in [-0.2, 0) is 4.79 Å². The van der Waals surface area contributed by atoms with E-state index in [1.807, 2.05) is 0 Å². The van der Waals surface area contributed by atoms with Crippen molar-refractivity contribution in [1.29, 1.82) is 0 Å². The molecule has 0 aliphatic heterocycles. The highest BCUT2D eigenvalue weighted by Crippen LogP contribution is 2.00. The molecule has 1 rings (SSSR count). The standard InChI is InChI=1S/C8H8N2O3/c11-8(10-13)7(9-12)6-4-2-1-3-5-6/h1-5,12-13H,(H,10,11)/b9-7-. The molecule has 0 bridgehead atoms. The van der Waals surface area contributed by atoms with E-state index in [0.29, 0.717) is 5.56 Å². The topological polar surface area (TPSA) is 81.9 Å². The third-order valence-corrected chi connectivity index (χ3v) is 1.46. The molecule has 0 radical (unpaired) electrons. The summed E-state index contributed by atoms with van der Waals surface area (Å²) in [5.74, 6) is -0.853. The SMILES string of the molecule is O=C(NO)/C(=N\O)c1ccccc1. The van der Waals surface area contributed by atoms with Crippen molar-refractivity contribution in [2.75, 3.05) is 0 Å². The summed E-state index contributed by atoms with van der Waals surface area (Å²) < 4.78 is 0. The Morgan fingerprint density at radius 2 is 1.92 bits per heavy atom. The van der Waals surface area contributed by atoms with E-state index in [4.69, 9.17) is 10.4 Å². The smallest absolute Gasteiger partial charge is 0.297 e. The maximum Gasteiger partial charge on any atom is 0.297 e. The molecule has 5 heteroatoms. The van der Waals surface area contributed by atoms with Crippen LogP contribution in [0.3, 0.4) is 0 Å². The van der Waals surface area contributed by atoms with E-state index in [1.165, 1.54) is 5.48 Å². The molecule has 1 aromatic carbocycles. The second-order valence-electron chi connectivity index (χ2n) is 2.26. The highest BCUT2D eigenvalue weighted by Gasteiger charge is 2.12. The quantitative estimate of drug-likeness (QED) is 0.266. The molecule has 5 nitrogen and oxygen atoms in total. The number of nitrogens with zero attached hydrogens (tertiary/aromatic N) is 1. The average Bonchev–Trinajstić information content (AvgIpc) is 2.20. The van der Waals surface area contributed by atoms with Gasteiger partial charge in [-0.2, -0.15) is 0 Å². The molecule has 0 unspecified atom stereocenters. The summed E-state index contributed by atoms with van der Waals surface area (Å²) in [5.41, 5.74) is 1.58. The number of oxime groups is 1. The van der Waals surface area contributed by atoms with Crippen LogP contribution in [0.5, 0.6) is 0 Å². The van der Waals surface area contributed by atoms with Crippen LogP contribution >= 0.6 is 0 Å². The van der Waals surface area contributed by atoms with Crippen LogP contribution in [0.15, 0.2) is 35.5 Å². The summed E-state index contributed by atoms with van der Waals surface area (Å²) in [6.07, 6.45) is 0. The van der Waals surface area contributed by atoms with Gasteiger partial charge in [-0.25, -0.2) is 5.48 Å². The van der Waals surface area contributed by atoms with Gasteiger partial charge in [-0.05, 0) is 0 Å². The minimum Gasteiger partial charge on any atom is -0.410 e. The Morgan fingerprint density at radius 1 is 1.31 bits per heavy atom. The molecule has 0 spiro atoms. The van der Waals surface area contributed by atoms with Crippen molar-refractivity contribution in [1.82, 2.24) is 5.48 Å². The van der Waals surface area contributed by atoms with Gasteiger partial charge in [-0.15, -0.1) is 0 Å². The van der Waals surface area contributed by atoms with Crippen molar-refractivity contribution in [3.63, 3.8) is 0 Å². The van der Waals surface area contributed by atoms with Gasteiger partial charge in [0.05, 0.1) is 0 Å². The number of carbonyl (C=O) groups excluding carboxylic acids is 1. The van der Waals surface area contributed by atoms with Crippen LogP contribution in [0, 0.1) is 0 Å². The fraction of sp³-hybridized carbons (Fsp3) is 0. The fourth-order valence-electron chi connectivity index (χ4n) is 0.883. The predicted octanol–water partition coefficient (Wildman–Crippen LogP) is 0.370. The van der Waals surface area contributed by atoms with E-state index in [2.05, 4.69) is 5.16 Å². The second kappa shape index (κ2) is 4.22. The van der Waals surface area contributed by atoms with Crippen LogP contribution in [0.1, 0.15) is 5.56 Å². The molecule has 13 heavy (non-hydrogen) atoms. The Labute approximate surface area is 74.3 Å². The van der Waals surface area contributed by atoms with Crippen molar-refractivity contribution in [3.8, 4) is 0 Å². The van der Waals surface area contributed by atoms with Crippen LogP contribution < -0.4 is 5.48 Å². The number of nitrogens with one attached hydrogen (secondary N) is 1. The van der Waals surface area contributed by atoms with Gasteiger partial charge in [0.15, 0.2) is 5.71 Å². The zero-order valence-electron chi connectivity index (χ0n) is 6.64. The van der Waals surface area contributed by atoms with Gasteiger partial charge in [-0.1, -0.05) is 35.5 Å². The zero-order chi connectivity index (χ0) is 9.68. The van der Waals surface area contributed by atoms with Gasteiger partial charge < -0.3 is 5.21 Å². The predicted molar refractivity (Wildman–Crippen MR) is 44.7 cm³/mol. The zero-order valence-corrected chi connectivity index (χ0v) is 6.64. The Morgan fingerprint density at radius 3 is 2.38 bits per heavy atom. The minimum absolute atomic E-state index is 0.233. The van der Waals surface area contributed by atoms with Gasteiger partial charge >= 0.3 is 0 Å². The van der Waals surface area contributed by atoms with E-state index in [-0.39, 0.29) is 5.71 Å². The highest BCUT2D eigenvalue weighted by molar-refractivity contribution is 6.44. The molecule has 3 N–H and O–H groups in total. The van der Waals surface area contributed by atoms with Crippen LogP contribution in [-0.4, -0.2) is 22.0 Å². The van der Waals surface area contributed by atoms with E-state index in [9.17, 15) is 4.79 Å². The number of hydrogen-bond acceptors (Lipinski definition) is 4. The van der Waals surface area contributed by atoms with Crippen LogP contribution in [0.2, 0.25) is 0 Å². The lowest BCUT2D eigenvalue weighted by atomic mass is 10.1. The fourth-order valence-corrected chi connectivity index (χ4v) is 0.883. The summed E-state index contributed by atoms with van der Waals surface area (Å²) in [4.78, 5) is 10.9. The lowest BCUT2D eigenvalue weighted by Gasteiger charge is -2.00. The highest BCUT2D eigenvalue weighted by atomic mass is 16.5. The first-order valence-electron chi connectivity index (χ1n) is 3.51. The van der Waals surface area contributed by atoms with Gasteiger partial charge in [0.1, 0.15) is 0 Å². The molecule has 0 aliphatic rings. The van der Waals surface area contributed by atoms with Crippen LogP contribution in [0.25, 0.3) is 0 Å². The molecule has 0 aliphatic carbocycles. The molecule has 0 saturated heterocycles. The molecule has 0 atom stereocenters. The molecule has 0 heterocycles. The summed E-state index contributed by atoms with van der Waals surface area (Å²) in [6.45, 7) is 0. The molecule has 68 valence electrons. The first-order valence-corrected chi connectivity index (χ1v) is 3.51. The van der Waals surface area contributed by atoms with E-state index < -0.39 is 5.91 Å². The Hall–Kier alpha value is -1.88. The lowest BCUT2D eigenvalue weighted by molar-refractivity contribution is -0.122. The van der Waals surface area contributed by atoms with Crippen molar-refractivity contribution in [2.45, 2.75) is 0 Å². The molecule has 0 aromatic heterocycles. The first-order chi connectivity index (χ1) is 6.29. The molecule has 0 saturated carbocycles. The van der Waals surface area contributed by atoms with Crippen molar-refractivity contribution >= 4 is 11.6 Å². The third kappa shape index (κ3) is 2.03. The first kappa shape index (κ1) is 9.21.